The highest BCUT2D eigenvalue weighted by atomic mass is 32.2. The van der Waals surface area contributed by atoms with E-state index >= 15 is 0 Å². The number of rotatable bonds is 1. The minimum absolute atomic E-state index is 0.0529. The molecule has 2 aromatic rings. The van der Waals surface area contributed by atoms with Crippen molar-refractivity contribution in [2.75, 3.05) is 13.7 Å². The molecule has 26 heavy (non-hydrogen) atoms. The summed E-state index contributed by atoms with van der Waals surface area (Å²) in [4.78, 5) is 12.8. The van der Waals surface area contributed by atoms with Crippen molar-refractivity contribution in [3.05, 3.63) is 64.9 Å². The predicted molar refractivity (Wildman–Crippen MR) is 95.5 cm³/mol. The number of hydrogen-bond donors (Lipinski definition) is 1. The van der Waals surface area contributed by atoms with Crippen molar-refractivity contribution in [3.8, 4) is 5.75 Å². The van der Waals surface area contributed by atoms with Gasteiger partial charge in [0.25, 0.3) is 10.0 Å². The van der Waals surface area contributed by atoms with E-state index in [0.29, 0.717) is 12.2 Å². The molecule has 2 aliphatic rings. The highest BCUT2D eigenvalue weighted by Crippen LogP contribution is 2.35. The van der Waals surface area contributed by atoms with Crippen molar-refractivity contribution < 1.29 is 23.1 Å². The fourth-order valence-corrected chi connectivity index (χ4v) is 4.71. The van der Waals surface area contributed by atoms with Gasteiger partial charge < -0.3 is 9.84 Å². The standard InChI is InChI=1S/C19H17NO5S/c1-20-17(19(22)14-6-2-3-7-16(14)26(20,23)24)18(21)13-8-9-15-12(11-13)5-4-10-25-15/h2-3,6-9,11,21H,4-5,10H2,1H3/b18-17+. The number of aliphatic hydroxyl groups is 1. The first-order valence-electron chi connectivity index (χ1n) is 8.23. The molecule has 0 saturated carbocycles. The lowest BCUT2D eigenvalue weighted by Gasteiger charge is -2.28. The topological polar surface area (TPSA) is 83.9 Å². The highest BCUT2D eigenvalue weighted by molar-refractivity contribution is 7.89. The summed E-state index contributed by atoms with van der Waals surface area (Å²) in [6.07, 6.45) is 1.67. The third-order valence-electron chi connectivity index (χ3n) is 4.71. The van der Waals surface area contributed by atoms with E-state index in [1.165, 1.54) is 19.2 Å². The monoisotopic (exact) mass is 371 g/mol. The molecular formula is C19H17NO5S. The molecule has 7 heteroatoms. The SMILES string of the molecule is CN1/C(=C(/O)c2ccc3c(c2)CCCO3)C(=O)c2ccccc2S1(=O)=O. The number of aliphatic hydroxyl groups excluding tert-OH is 1. The first-order chi connectivity index (χ1) is 12.4. The molecule has 0 aliphatic carbocycles. The van der Waals surface area contributed by atoms with Gasteiger partial charge in [0, 0.05) is 18.2 Å². The molecule has 0 atom stereocenters. The first kappa shape index (κ1) is 16.7. The fourth-order valence-electron chi connectivity index (χ4n) is 3.32. The Kier molecular flexibility index (Phi) is 3.77. The van der Waals surface area contributed by atoms with E-state index in [-0.39, 0.29) is 21.9 Å². The summed E-state index contributed by atoms with van der Waals surface area (Å²) < 4.78 is 31.9. The summed E-state index contributed by atoms with van der Waals surface area (Å²) in [7, 11) is -2.63. The van der Waals surface area contributed by atoms with Crippen molar-refractivity contribution in [3.63, 3.8) is 0 Å². The number of fused-ring (bicyclic) bond motifs is 2. The van der Waals surface area contributed by atoms with Crippen LogP contribution < -0.4 is 4.74 Å². The van der Waals surface area contributed by atoms with Crippen LogP contribution in [0.1, 0.15) is 27.9 Å². The number of Topliss-reactive ketones (excluding diaryl/α,β-unsaturated/α-hetero) is 1. The number of nitrogens with zero attached hydrogens (tertiary/aromatic N) is 1. The van der Waals surface area contributed by atoms with Crippen LogP contribution in [0.15, 0.2) is 53.1 Å². The molecule has 0 spiro atoms. The molecule has 4 rings (SSSR count). The summed E-state index contributed by atoms with van der Waals surface area (Å²) in [5.41, 5.74) is 1.13. The van der Waals surface area contributed by atoms with E-state index in [0.717, 1.165) is 28.5 Å². The van der Waals surface area contributed by atoms with Crippen LogP contribution >= 0.6 is 0 Å². The molecule has 6 nitrogen and oxygen atoms in total. The van der Waals surface area contributed by atoms with Gasteiger partial charge in [0.1, 0.15) is 11.4 Å². The Bertz CT molecular complexity index is 1060. The van der Waals surface area contributed by atoms with Crippen LogP contribution in [0.3, 0.4) is 0 Å². The minimum Gasteiger partial charge on any atom is -0.505 e. The summed E-state index contributed by atoms with van der Waals surface area (Å²) in [6, 6.07) is 11.1. The second kappa shape index (κ2) is 5.88. The maximum Gasteiger partial charge on any atom is 0.265 e. The van der Waals surface area contributed by atoms with E-state index in [2.05, 4.69) is 0 Å². The lowest BCUT2D eigenvalue weighted by molar-refractivity contribution is 0.100. The zero-order valence-electron chi connectivity index (χ0n) is 14.1. The number of carbonyl (C=O) groups is 1. The molecule has 0 bridgehead atoms. The molecule has 1 N–H and O–H groups in total. The lowest BCUT2D eigenvalue weighted by Crippen LogP contribution is -2.37. The maximum absolute atomic E-state index is 12.9. The molecule has 2 aliphatic heterocycles. The molecule has 2 aromatic carbocycles. The number of sulfonamides is 1. The second-order valence-corrected chi connectivity index (χ2v) is 8.21. The van der Waals surface area contributed by atoms with Crippen LogP contribution in [0.25, 0.3) is 5.76 Å². The molecule has 2 heterocycles. The van der Waals surface area contributed by atoms with Gasteiger partial charge in [0.2, 0.25) is 5.78 Å². The Balaban J connectivity index is 1.90. The van der Waals surface area contributed by atoms with Crippen molar-refractivity contribution >= 4 is 21.6 Å². The molecule has 0 fully saturated rings. The largest absolute Gasteiger partial charge is 0.505 e. The van der Waals surface area contributed by atoms with E-state index in [9.17, 15) is 18.3 Å². The first-order valence-corrected chi connectivity index (χ1v) is 9.67. The molecule has 134 valence electrons. The Labute approximate surface area is 151 Å². The van der Waals surface area contributed by atoms with Crippen LogP contribution in [0.4, 0.5) is 0 Å². The maximum atomic E-state index is 12.9. The molecule has 0 unspecified atom stereocenters. The Hall–Kier alpha value is -2.80. The Morgan fingerprint density at radius 2 is 1.96 bits per heavy atom. The average molecular weight is 371 g/mol. The predicted octanol–water partition coefficient (Wildman–Crippen LogP) is 2.76. The average Bonchev–Trinajstić information content (AvgIpc) is 2.66. The van der Waals surface area contributed by atoms with E-state index in [1.807, 2.05) is 0 Å². The van der Waals surface area contributed by atoms with Gasteiger partial charge in [0.05, 0.1) is 11.5 Å². The van der Waals surface area contributed by atoms with Gasteiger partial charge in [-0.05, 0) is 48.7 Å². The summed E-state index contributed by atoms with van der Waals surface area (Å²) in [5.74, 6) is -0.132. The number of allylic oxidation sites excluding steroid dienone is 1. The van der Waals surface area contributed by atoms with Crippen molar-refractivity contribution in [1.82, 2.24) is 4.31 Å². The van der Waals surface area contributed by atoms with Crippen LogP contribution in [-0.4, -0.2) is 37.3 Å². The van der Waals surface area contributed by atoms with Crippen LogP contribution in [0.5, 0.6) is 5.75 Å². The van der Waals surface area contributed by atoms with Crippen molar-refractivity contribution in [2.24, 2.45) is 0 Å². The van der Waals surface area contributed by atoms with Crippen molar-refractivity contribution in [1.29, 1.82) is 0 Å². The lowest BCUT2D eigenvalue weighted by atomic mass is 10.00. The minimum atomic E-state index is -3.90. The second-order valence-electron chi connectivity index (χ2n) is 6.27. The van der Waals surface area contributed by atoms with Gasteiger partial charge in [-0.3, -0.25) is 9.10 Å². The smallest absolute Gasteiger partial charge is 0.265 e. The Morgan fingerprint density at radius 1 is 1.19 bits per heavy atom. The number of benzene rings is 2. The highest BCUT2D eigenvalue weighted by Gasteiger charge is 2.39. The zero-order valence-corrected chi connectivity index (χ0v) is 14.9. The fraction of sp³-hybridized carbons (Fsp3) is 0.211. The summed E-state index contributed by atoms with van der Waals surface area (Å²) >= 11 is 0. The number of likely N-dealkylation sites (N-methyl/N-ethyl adjacent to an activating group) is 1. The molecule has 0 amide bonds. The number of carbonyl (C=O) groups excluding carboxylic acids is 1. The molecule has 0 radical (unpaired) electrons. The number of hydrogen-bond acceptors (Lipinski definition) is 5. The van der Waals surface area contributed by atoms with Gasteiger partial charge >= 0.3 is 0 Å². The van der Waals surface area contributed by atoms with Gasteiger partial charge in [-0.15, -0.1) is 0 Å². The molecule has 0 saturated heterocycles. The molecular weight excluding hydrogens is 354 g/mol. The summed E-state index contributed by atoms with van der Waals surface area (Å²) in [6.45, 7) is 0.648. The third-order valence-corrected chi connectivity index (χ3v) is 6.52. The van der Waals surface area contributed by atoms with Gasteiger partial charge in [0.15, 0.2) is 5.76 Å². The number of ether oxygens (including phenoxy) is 1. The van der Waals surface area contributed by atoms with Crippen LogP contribution in [-0.2, 0) is 16.4 Å². The summed E-state index contributed by atoms with van der Waals surface area (Å²) in [5, 5.41) is 10.8. The van der Waals surface area contributed by atoms with Gasteiger partial charge in [-0.25, -0.2) is 8.42 Å². The van der Waals surface area contributed by atoms with Gasteiger partial charge in [-0.1, -0.05) is 12.1 Å². The van der Waals surface area contributed by atoms with E-state index in [1.54, 1.807) is 30.3 Å². The zero-order chi connectivity index (χ0) is 18.5. The quantitative estimate of drug-likeness (QED) is 0.616. The Morgan fingerprint density at radius 3 is 2.77 bits per heavy atom. The van der Waals surface area contributed by atoms with E-state index < -0.39 is 15.8 Å². The molecule has 0 aromatic heterocycles. The number of ketones is 1. The number of aryl methyl sites for hydroxylation is 1. The van der Waals surface area contributed by atoms with Crippen LogP contribution in [0, 0.1) is 0 Å². The van der Waals surface area contributed by atoms with Gasteiger partial charge in [-0.2, -0.15) is 0 Å². The van der Waals surface area contributed by atoms with Crippen LogP contribution in [0.2, 0.25) is 0 Å². The van der Waals surface area contributed by atoms with E-state index in [4.69, 9.17) is 4.74 Å². The third kappa shape index (κ3) is 2.39. The normalized spacial score (nSPS) is 20.0. The van der Waals surface area contributed by atoms with Crippen molar-refractivity contribution in [2.45, 2.75) is 17.7 Å².